The first kappa shape index (κ1) is 25.7. The lowest BCUT2D eigenvalue weighted by molar-refractivity contribution is 0.0712. The number of anilines is 1. The Morgan fingerprint density at radius 2 is 1.76 bits per heavy atom. The Morgan fingerprint density at radius 1 is 1.08 bits per heavy atom. The lowest BCUT2D eigenvalue weighted by atomic mass is 9.97. The van der Waals surface area contributed by atoms with Crippen molar-refractivity contribution in [2.45, 2.75) is 45.6 Å². The van der Waals surface area contributed by atoms with Crippen LogP contribution in [0.4, 0.5) is 5.69 Å². The molecule has 9 nitrogen and oxygen atoms in total. The van der Waals surface area contributed by atoms with Crippen LogP contribution in [0.2, 0.25) is 0 Å². The standard InChI is InChI=1S/C28H29N3O6S/c1-16(2)37-20-6-4-19(5-7-20)28(34)31-10-8-18(9-11-31)27-30-23(14-38-27)26(33)29-22-13-25-24(35-15-36-25)12-21(22)17(3)32/h4-7,12-14,16,18H,8-11,15H2,1-3H3,(H,29,33). The number of carbonyl (C=O) groups excluding carboxylic acids is 3. The van der Waals surface area contributed by atoms with Gasteiger partial charge in [-0.15, -0.1) is 11.3 Å². The van der Waals surface area contributed by atoms with E-state index < -0.39 is 5.91 Å². The van der Waals surface area contributed by atoms with Gasteiger partial charge in [-0.25, -0.2) is 4.98 Å². The summed E-state index contributed by atoms with van der Waals surface area (Å²) in [5.74, 6) is 1.28. The van der Waals surface area contributed by atoms with Gasteiger partial charge in [0.25, 0.3) is 11.8 Å². The maximum Gasteiger partial charge on any atom is 0.275 e. The number of Topliss-reactive ketones (excluding diaryl/α,β-unsaturated/α-hetero) is 1. The van der Waals surface area contributed by atoms with E-state index in [9.17, 15) is 14.4 Å². The molecule has 5 rings (SSSR count). The molecule has 0 bridgehead atoms. The van der Waals surface area contributed by atoms with Gasteiger partial charge in [0.15, 0.2) is 17.3 Å². The number of amides is 2. The first-order valence-corrected chi connectivity index (χ1v) is 13.4. The van der Waals surface area contributed by atoms with Crippen LogP contribution in [0.25, 0.3) is 0 Å². The van der Waals surface area contributed by atoms with Crippen LogP contribution in [0.5, 0.6) is 17.2 Å². The number of nitrogens with one attached hydrogen (secondary N) is 1. The Balaban J connectivity index is 1.19. The molecule has 2 aromatic carbocycles. The van der Waals surface area contributed by atoms with Crippen LogP contribution in [0.3, 0.4) is 0 Å². The summed E-state index contributed by atoms with van der Waals surface area (Å²) in [6, 6.07) is 10.4. The monoisotopic (exact) mass is 535 g/mol. The van der Waals surface area contributed by atoms with Crippen molar-refractivity contribution in [3.63, 3.8) is 0 Å². The number of ether oxygens (including phenoxy) is 3. The van der Waals surface area contributed by atoms with Crippen molar-refractivity contribution in [1.82, 2.24) is 9.88 Å². The van der Waals surface area contributed by atoms with Crippen molar-refractivity contribution in [2.24, 2.45) is 0 Å². The van der Waals surface area contributed by atoms with Gasteiger partial charge in [-0.3, -0.25) is 14.4 Å². The summed E-state index contributed by atoms with van der Waals surface area (Å²) in [5.41, 5.74) is 1.63. The van der Waals surface area contributed by atoms with Crippen molar-refractivity contribution in [3.8, 4) is 17.2 Å². The van der Waals surface area contributed by atoms with Crippen molar-refractivity contribution >= 4 is 34.6 Å². The van der Waals surface area contributed by atoms with E-state index in [1.165, 1.54) is 18.3 Å². The van der Waals surface area contributed by atoms with Crippen LogP contribution in [0, 0.1) is 0 Å². The normalized spacial score (nSPS) is 15.0. The Morgan fingerprint density at radius 3 is 2.42 bits per heavy atom. The fourth-order valence-electron chi connectivity index (χ4n) is 4.56. The topological polar surface area (TPSA) is 107 Å². The van der Waals surface area contributed by atoms with E-state index in [0.29, 0.717) is 47.1 Å². The average molecular weight is 536 g/mol. The van der Waals surface area contributed by atoms with Crippen LogP contribution < -0.4 is 19.5 Å². The smallest absolute Gasteiger partial charge is 0.275 e. The minimum absolute atomic E-state index is 0.00348. The van der Waals surface area contributed by atoms with Gasteiger partial charge in [0.1, 0.15) is 11.4 Å². The maximum absolute atomic E-state index is 13.0. The fraction of sp³-hybridized carbons (Fsp3) is 0.357. The minimum Gasteiger partial charge on any atom is -0.491 e. The van der Waals surface area contributed by atoms with Gasteiger partial charge >= 0.3 is 0 Å². The van der Waals surface area contributed by atoms with Crippen molar-refractivity contribution in [3.05, 3.63) is 63.6 Å². The summed E-state index contributed by atoms with van der Waals surface area (Å²) in [5, 5.41) is 5.39. The zero-order valence-electron chi connectivity index (χ0n) is 21.5. The molecule has 1 fully saturated rings. The molecule has 198 valence electrons. The Hall–Kier alpha value is -3.92. The number of fused-ring (bicyclic) bond motifs is 1. The van der Waals surface area contributed by atoms with Crippen molar-refractivity contribution < 1.29 is 28.6 Å². The number of piperidine rings is 1. The van der Waals surface area contributed by atoms with Crippen LogP contribution in [-0.2, 0) is 0 Å². The Kier molecular flexibility index (Phi) is 7.33. The molecule has 10 heteroatoms. The molecule has 2 aliphatic heterocycles. The molecule has 3 aromatic rings. The van der Waals surface area contributed by atoms with Gasteiger partial charge in [-0.1, -0.05) is 0 Å². The quantitative estimate of drug-likeness (QED) is 0.418. The molecule has 2 amide bonds. The Bertz CT molecular complexity index is 1360. The highest BCUT2D eigenvalue weighted by Crippen LogP contribution is 2.38. The molecule has 0 unspecified atom stereocenters. The molecule has 38 heavy (non-hydrogen) atoms. The molecule has 0 aliphatic carbocycles. The van der Waals surface area contributed by atoms with Crippen LogP contribution in [0.1, 0.15) is 75.7 Å². The van der Waals surface area contributed by atoms with Gasteiger partial charge in [0, 0.05) is 41.6 Å². The number of carbonyl (C=O) groups is 3. The minimum atomic E-state index is -0.397. The lowest BCUT2D eigenvalue weighted by Gasteiger charge is -2.31. The second-order valence-corrected chi connectivity index (χ2v) is 10.5. The molecule has 1 aromatic heterocycles. The third-order valence-corrected chi connectivity index (χ3v) is 7.51. The van der Waals surface area contributed by atoms with Crippen LogP contribution in [0.15, 0.2) is 41.8 Å². The number of benzene rings is 2. The van der Waals surface area contributed by atoms with Crippen molar-refractivity contribution in [2.75, 3.05) is 25.2 Å². The predicted octanol–water partition coefficient (Wildman–Crippen LogP) is 5.13. The number of ketones is 1. The highest BCUT2D eigenvalue weighted by atomic mass is 32.1. The van der Waals surface area contributed by atoms with Gasteiger partial charge < -0.3 is 24.4 Å². The van der Waals surface area contributed by atoms with E-state index >= 15 is 0 Å². The molecule has 0 spiro atoms. The number of likely N-dealkylation sites (tertiary alicyclic amines) is 1. The average Bonchev–Trinajstić information content (AvgIpc) is 3.58. The van der Waals surface area contributed by atoms with Gasteiger partial charge in [-0.05, 0) is 63.9 Å². The molecule has 3 heterocycles. The van der Waals surface area contributed by atoms with Crippen LogP contribution in [-0.4, -0.2) is 53.5 Å². The molecule has 2 aliphatic rings. The molecule has 1 N–H and O–H groups in total. The van der Waals surface area contributed by atoms with Gasteiger partial charge in [-0.2, -0.15) is 0 Å². The molecule has 0 radical (unpaired) electrons. The zero-order chi connectivity index (χ0) is 26.8. The van der Waals surface area contributed by atoms with Crippen LogP contribution >= 0.6 is 11.3 Å². The van der Waals surface area contributed by atoms with E-state index in [4.69, 9.17) is 14.2 Å². The number of aromatic nitrogens is 1. The molecular formula is C28H29N3O6S. The number of nitrogens with zero attached hydrogens (tertiary/aromatic N) is 2. The number of thiazole rings is 1. The van der Waals surface area contributed by atoms with E-state index in [-0.39, 0.29) is 30.5 Å². The van der Waals surface area contributed by atoms with E-state index in [1.807, 2.05) is 30.9 Å². The SMILES string of the molecule is CC(=O)c1cc2c(cc1NC(=O)c1csc(C3CCN(C(=O)c4ccc(OC(C)C)cc4)CC3)n1)OCO2. The summed E-state index contributed by atoms with van der Waals surface area (Å²) in [7, 11) is 0. The summed E-state index contributed by atoms with van der Waals surface area (Å²) in [6.07, 6.45) is 1.62. The third-order valence-electron chi connectivity index (χ3n) is 6.50. The number of rotatable bonds is 7. The molecule has 0 atom stereocenters. The largest absolute Gasteiger partial charge is 0.491 e. The highest BCUT2D eigenvalue weighted by Gasteiger charge is 2.27. The number of hydrogen-bond donors (Lipinski definition) is 1. The first-order chi connectivity index (χ1) is 18.3. The summed E-state index contributed by atoms with van der Waals surface area (Å²) < 4.78 is 16.4. The lowest BCUT2D eigenvalue weighted by Crippen LogP contribution is -2.37. The predicted molar refractivity (Wildman–Crippen MR) is 143 cm³/mol. The van der Waals surface area contributed by atoms with E-state index in [0.717, 1.165) is 23.6 Å². The second-order valence-electron chi connectivity index (χ2n) is 9.59. The second kappa shape index (κ2) is 10.8. The number of hydrogen-bond acceptors (Lipinski definition) is 8. The van der Waals surface area contributed by atoms with E-state index in [1.54, 1.807) is 29.6 Å². The van der Waals surface area contributed by atoms with Gasteiger partial charge in [0.2, 0.25) is 6.79 Å². The molecule has 1 saturated heterocycles. The first-order valence-electron chi connectivity index (χ1n) is 12.6. The third kappa shape index (κ3) is 5.50. The zero-order valence-corrected chi connectivity index (χ0v) is 22.3. The summed E-state index contributed by atoms with van der Waals surface area (Å²) in [6.45, 7) is 6.67. The van der Waals surface area contributed by atoms with Gasteiger partial charge in [0.05, 0.1) is 16.8 Å². The Labute approximate surface area is 224 Å². The van der Waals surface area contributed by atoms with E-state index in [2.05, 4.69) is 10.3 Å². The summed E-state index contributed by atoms with van der Waals surface area (Å²) >= 11 is 1.44. The fourth-order valence-corrected chi connectivity index (χ4v) is 5.53. The highest BCUT2D eigenvalue weighted by molar-refractivity contribution is 7.10. The maximum atomic E-state index is 13.0. The summed E-state index contributed by atoms with van der Waals surface area (Å²) in [4.78, 5) is 44.5. The molecule has 0 saturated carbocycles. The molecular weight excluding hydrogens is 506 g/mol. The van der Waals surface area contributed by atoms with Crippen molar-refractivity contribution in [1.29, 1.82) is 0 Å².